The van der Waals surface area contributed by atoms with Gasteiger partial charge in [-0.15, -0.1) is 0 Å². The van der Waals surface area contributed by atoms with Gasteiger partial charge in [0.05, 0.1) is 33.4 Å². The molecule has 0 aliphatic rings. The van der Waals surface area contributed by atoms with E-state index < -0.39 is 0 Å². The van der Waals surface area contributed by atoms with Crippen molar-refractivity contribution < 1.29 is 4.79 Å². The standard InChI is InChI=1S/C22H19ClN4O/c1-14(16-9-5-3-6-10-16)25-22(28)18-13-24-21-19(20(18)23)15(2)26-27(21)17-11-7-4-8-12-17/h3-14H,1-2H3,(H,25,28)/t14-/m1/s1. The summed E-state index contributed by atoms with van der Waals surface area (Å²) in [5.74, 6) is -0.261. The molecular weight excluding hydrogens is 372 g/mol. The third-order valence-electron chi connectivity index (χ3n) is 4.70. The number of fused-ring (bicyclic) bond motifs is 1. The van der Waals surface area contributed by atoms with Crippen LogP contribution in [0.15, 0.2) is 66.9 Å². The fourth-order valence-electron chi connectivity index (χ4n) is 3.22. The average Bonchev–Trinajstić information content (AvgIpc) is 3.07. The van der Waals surface area contributed by atoms with Gasteiger partial charge >= 0.3 is 0 Å². The Kier molecular flexibility index (Phi) is 4.84. The molecule has 2 aromatic carbocycles. The molecule has 0 saturated heterocycles. The second-order valence-electron chi connectivity index (χ2n) is 6.62. The van der Waals surface area contributed by atoms with Gasteiger partial charge in [-0.2, -0.15) is 5.10 Å². The molecule has 0 aliphatic heterocycles. The monoisotopic (exact) mass is 390 g/mol. The molecule has 140 valence electrons. The minimum atomic E-state index is -0.261. The number of carbonyl (C=O) groups is 1. The first-order valence-electron chi connectivity index (χ1n) is 9.01. The number of nitrogens with one attached hydrogen (secondary N) is 1. The van der Waals surface area contributed by atoms with Crippen LogP contribution in [0.3, 0.4) is 0 Å². The Morgan fingerprint density at radius 1 is 1.07 bits per heavy atom. The zero-order valence-corrected chi connectivity index (χ0v) is 16.3. The van der Waals surface area contributed by atoms with Crippen LogP contribution >= 0.6 is 11.6 Å². The predicted molar refractivity (Wildman–Crippen MR) is 111 cm³/mol. The van der Waals surface area contributed by atoms with E-state index in [2.05, 4.69) is 15.4 Å². The third-order valence-corrected chi connectivity index (χ3v) is 5.09. The Hall–Kier alpha value is -3.18. The molecule has 0 aliphatic carbocycles. The molecule has 1 amide bonds. The summed E-state index contributed by atoms with van der Waals surface area (Å²) in [4.78, 5) is 17.3. The molecular formula is C22H19ClN4O. The summed E-state index contributed by atoms with van der Waals surface area (Å²) in [6.07, 6.45) is 1.51. The van der Waals surface area contributed by atoms with Gasteiger partial charge < -0.3 is 5.32 Å². The highest BCUT2D eigenvalue weighted by Gasteiger charge is 2.21. The minimum Gasteiger partial charge on any atom is -0.345 e. The van der Waals surface area contributed by atoms with Crippen molar-refractivity contribution in [2.45, 2.75) is 19.9 Å². The first-order valence-corrected chi connectivity index (χ1v) is 9.39. The normalized spacial score (nSPS) is 12.1. The van der Waals surface area contributed by atoms with Gasteiger partial charge in [0.1, 0.15) is 0 Å². The fourth-order valence-corrected chi connectivity index (χ4v) is 3.57. The SMILES string of the molecule is Cc1nn(-c2ccccc2)c2ncc(C(=O)N[C@H](C)c3ccccc3)c(Cl)c12. The molecule has 0 fully saturated rings. The maximum absolute atomic E-state index is 12.8. The molecule has 0 unspecified atom stereocenters. The van der Waals surface area contributed by atoms with Crippen LogP contribution in [0.2, 0.25) is 5.02 Å². The molecule has 0 spiro atoms. The van der Waals surface area contributed by atoms with Crippen molar-refractivity contribution in [3.05, 3.63) is 88.7 Å². The van der Waals surface area contributed by atoms with Crippen LogP contribution in [0.1, 0.15) is 34.6 Å². The fraction of sp³-hybridized carbons (Fsp3) is 0.136. The van der Waals surface area contributed by atoms with Crippen molar-refractivity contribution in [2.75, 3.05) is 0 Å². The second kappa shape index (κ2) is 7.44. The largest absolute Gasteiger partial charge is 0.345 e. The lowest BCUT2D eigenvalue weighted by Crippen LogP contribution is -2.27. The number of para-hydroxylation sites is 1. The summed E-state index contributed by atoms with van der Waals surface area (Å²) >= 11 is 6.62. The molecule has 0 radical (unpaired) electrons. The minimum absolute atomic E-state index is 0.145. The smallest absolute Gasteiger partial charge is 0.254 e. The van der Waals surface area contributed by atoms with Crippen LogP contribution in [-0.2, 0) is 0 Å². The van der Waals surface area contributed by atoms with Crippen LogP contribution < -0.4 is 5.32 Å². The molecule has 2 aromatic heterocycles. The van der Waals surface area contributed by atoms with Gasteiger partial charge in [0.15, 0.2) is 5.65 Å². The first-order chi connectivity index (χ1) is 13.6. The van der Waals surface area contributed by atoms with Crippen molar-refractivity contribution in [3.8, 4) is 5.69 Å². The molecule has 1 atom stereocenters. The van der Waals surface area contributed by atoms with Gasteiger partial charge in [0.2, 0.25) is 0 Å². The summed E-state index contributed by atoms with van der Waals surface area (Å²) in [7, 11) is 0. The van der Waals surface area contributed by atoms with E-state index in [1.165, 1.54) is 6.20 Å². The number of hydrogen-bond donors (Lipinski definition) is 1. The van der Waals surface area contributed by atoms with Crippen molar-refractivity contribution in [1.82, 2.24) is 20.1 Å². The summed E-state index contributed by atoms with van der Waals surface area (Å²) in [6, 6.07) is 19.4. The van der Waals surface area contributed by atoms with Gasteiger partial charge in [0.25, 0.3) is 5.91 Å². The summed E-state index contributed by atoms with van der Waals surface area (Å²) in [5.41, 5.74) is 3.60. The predicted octanol–water partition coefficient (Wildman–Crippen LogP) is 4.87. The number of nitrogens with zero attached hydrogens (tertiary/aromatic N) is 3. The zero-order valence-electron chi connectivity index (χ0n) is 15.6. The Labute approximate surface area is 168 Å². The van der Waals surface area contributed by atoms with Crippen LogP contribution in [0.5, 0.6) is 0 Å². The van der Waals surface area contributed by atoms with Gasteiger partial charge in [0, 0.05) is 6.20 Å². The van der Waals surface area contributed by atoms with Crippen molar-refractivity contribution in [2.24, 2.45) is 0 Å². The molecule has 4 rings (SSSR count). The van der Waals surface area contributed by atoms with E-state index in [1.54, 1.807) is 4.68 Å². The lowest BCUT2D eigenvalue weighted by molar-refractivity contribution is 0.0940. The molecule has 28 heavy (non-hydrogen) atoms. The summed E-state index contributed by atoms with van der Waals surface area (Å²) < 4.78 is 1.74. The Morgan fingerprint density at radius 2 is 1.71 bits per heavy atom. The molecule has 4 aromatic rings. The number of carbonyl (C=O) groups excluding carboxylic acids is 1. The van der Waals surface area contributed by atoms with E-state index >= 15 is 0 Å². The number of hydrogen-bond acceptors (Lipinski definition) is 3. The molecule has 0 saturated carbocycles. The Morgan fingerprint density at radius 3 is 2.39 bits per heavy atom. The van der Waals surface area contributed by atoms with E-state index in [0.29, 0.717) is 21.6 Å². The number of halogens is 1. The van der Waals surface area contributed by atoms with E-state index in [9.17, 15) is 4.79 Å². The number of rotatable bonds is 4. The van der Waals surface area contributed by atoms with E-state index in [-0.39, 0.29) is 11.9 Å². The maximum atomic E-state index is 12.8. The van der Waals surface area contributed by atoms with Crippen LogP contribution in [0.25, 0.3) is 16.7 Å². The highest BCUT2D eigenvalue weighted by molar-refractivity contribution is 6.38. The van der Waals surface area contributed by atoms with Crippen molar-refractivity contribution in [3.63, 3.8) is 0 Å². The van der Waals surface area contributed by atoms with Crippen LogP contribution in [-0.4, -0.2) is 20.7 Å². The molecule has 2 heterocycles. The van der Waals surface area contributed by atoms with E-state index in [4.69, 9.17) is 11.6 Å². The number of amides is 1. The molecule has 1 N–H and O–H groups in total. The van der Waals surface area contributed by atoms with E-state index in [1.807, 2.05) is 74.5 Å². The topological polar surface area (TPSA) is 59.8 Å². The van der Waals surface area contributed by atoms with Gasteiger partial charge in [-0.05, 0) is 31.5 Å². The highest BCUT2D eigenvalue weighted by atomic mass is 35.5. The Balaban J connectivity index is 1.70. The third kappa shape index (κ3) is 3.25. The number of aryl methyl sites for hydroxylation is 1. The molecule has 5 nitrogen and oxygen atoms in total. The van der Waals surface area contributed by atoms with Crippen molar-refractivity contribution in [1.29, 1.82) is 0 Å². The Bertz CT molecular complexity index is 1140. The summed E-state index contributed by atoms with van der Waals surface area (Å²) in [5, 5.41) is 8.60. The quantitative estimate of drug-likeness (QED) is 0.540. The van der Waals surface area contributed by atoms with Crippen LogP contribution in [0, 0.1) is 6.92 Å². The summed E-state index contributed by atoms with van der Waals surface area (Å²) in [6.45, 7) is 3.80. The second-order valence-corrected chi connectivity index (χ2v) is 7.00. The molecule has 6 heteroatoms. The van der Waals surface area contributed by atoms with Gasteiger partial charge in [-0.1, -0.05) is 60.1 Å². The number of aromatic nitrogens is 3. The highest BCUT2D eigenvalue weighted by Crippen LogP contribution is 2.30. The number of benzene rings is 2. The first kappa shape index (κ1) is 18.2. The maximum Gasteiger partial charge on any atom is 0.254 e. The lowest BCUT2D eigenvalue weighted by atomic mass is 10.1. The zero-order chi connectivity index (χ0) is 19.7. The van der Waals surface area contributed by atoms with Gasteiger partial charge in [-0.25, -0.2) is 9.67 Å². The van der Waals surface area contributed by atoms with E-state index in [0.717, 1.165) is 16.9 Å². The van der Waals surface area contributed by atoms with Gasteiger partial charge in [-0.3, -0.25) is 4.79 Å². The van der Waals surface area contributed by atoms with Crippen molar-refractivity contribution >= 4 is 28.5 Å². The lowest BCUT2D eigenvalue weighted by Gasteiger charge is -2.15. The average molecular weight is 391 g/mol. The number of pyridine rings is 1. The molecule has 0 bridgehead atoms. The van der Waals surface area contributed by atoms with Crippen LogP contribution in [0.4, 0.5) is 0 Å².